The Morgan fingerprint density at radius 3 is 2.79 bits per heavy atom. The SMILES string of the molecule is O=C(NCCNC1CC1)C1CCCO1. The number of amides is 1. The number of carbonyl (C=O) groups excluding carboxylic acids is 1. The van der Waals surface area contributed by atoms with Crippen LogP contribution in [0.5, 0.6) is 0 Å². The molecule has 2 fully saturated rings. The van der Waals surface area contributed by atoms with Crippen LogP contribution in [0, 0.1) is 0 Å². The van der Waals surface area contributed by atoms with Crippen LogP contribution in [0.1, 0.15) is 25.7 Å². The van der Waals surface area contributed by atoms with Crippen LogP contribution in [0.3, 0.4) is 0 Å². The standard InChI is InChI=1S/C10H18N2O2/c13-10(9-2-1-7-14-9)12-6-5-11-8-3-4-8/h8-9,11H,1-7H2,(H,12,13). The van der Waals surface area contributed by atoms with E-state index < -0.39 is 0 Å². The minimum Gasteiger partial charge on any atom is -0.368 e. The molecule has 0 bridgehead atoms. The zero-order valence-electron chi connectivity index (χ0n) is 8.42. The van der Waals surface area contributed by atoms with Crippen molar-refractivity contribution in [1.29, 1.82) is 0 Å². The minimum atomic E-state index is -0.184. The van der Waals surface area contributed by atoms with Crippen molar-refractivity contribution in [1.82, 2.24) is 10.6 Å². The summed E-state index contributed by atoms with van der Waals surface area (Å²) < 4.78 is 5.27. The average Bonchev–Trinajstić information content (AvgIpc) is 2.84. The fraction of sp³-hybridized carbons (Fsp3) is 0.900. The van der Waals surface area contributed by atoms with Gasteiger partial charge >= 0.3 is 0 Å². The number of carbonyl (C=O) groups is 1. The van der Waals surface area contributed by atoms with Crippen LogP contribution in [0.4, 0.5) is 0 Å². The van der Waals surface area contributed by atoms with Crippen molar-refractivity contribution in [2.75, 3.05) is 19.7 Å². The Labute approximate surface area is 84.4 Å². The lowest BCUT2D eigenvalue weighted by atomic mass is 10.2. The fourth-order valence-corrected chi connectivity index (χ4v) is 1.65. The van der Waals surface area contributed by atoms with E-state index in [1.54, 1.807) is 0 Å². The van der Waals surface area contributed by atoms with Crippen molar-refractivity contribution < 1.29 is 9.53 Å². The fourth-order valence-electron chi connectivity index (χ4n) is 1.65. The quantitative estimate of drug-likeness (QED) is 0.613. The van der Waals surface area contributed by atoms with E-state index in [2.05, 4.69) is 10.6 Å². The Morgan fingerprint density at radius 1 is 1.29 bits per heavy atom. The van der Waals surface area contributed by atoms with E-state index in [1.165, 1.54) is 12.8 Å². The van der Waals surface area contributed by atoms with Crippen LogP contribution >= 0.6 is 0 Å². The maximum absolute atomic E-state index is 11.4. The summed E-state index contributed by atoms with van der Waals surface area (Å²) in [6.07, 6.45) is 4.29. The minimum absolute atomic E-state index is 0.0556. The second-order valence-corrected chi connectivity index (χ2v) is 4.02. The van der Waals surface area contributed by atoms with Gasteiger partial charge in [0.1, 0.15) is 6.10 Å². The normalized spacial score (nSPS) is 26.4. The molecule has 1 saturated carbocycles. The van der Waals surface area contributed by atoms with Crippen molar-refractivity contribution in [3.05, 3.63) is 0 Å². The lowest BCUT2D eigenvalue weighted by Crippen LogP contribution is -2.38. The molecule has 2 rings (SSSR count). The Morgan fingerprint density at radius 2 is 2.14 bits per heavy atom. The summed E-state index contributed by atoms with van der Waals surface area (Å²) in [6, 6.07) is 0.717. The first-order valence-corrected chi connectivity index (χ1v) is 5.49. The van der Waals surface area contributed by atoms with Gasteiger partial charge in [0.25, 0.3) is 0 Å². The predicted octanol–water partition coefficient (Wildman–Crippen LogP) is 0.0336. The van der Waals surface area contributed by atoms with Crippen LogP contribution in [-0.2, 0) is 9.53 Å². The van der Waals surface area contributed by atoms with Gasteiger partial charge in [-0.3, -0.25) is 4.79 Å². The first-order valence-electron chi connectivity index (χ1n) is 5.49. The summed E-state index contributed by atoms with van der Waals surface area (Å²) in [4.78, 5) is 11.4. The summed E-state index contributed by atoms with van der Waals surface area (Å²) in [7, 11) is 0. The Kier molecular flexibility index (Phi) is 3.37. The third-order valence-electron chi connectivity index (χ3n) is 2.66. The van der Waals surface area contributed by atoms with Gasteiger partial charge in [0, 0.05) is 25.7 Å². The summed E-state index contributed by atoms with van der Waals surface area (Å²) in [5.41, 5.74) is 0. The molecule has 1 heterocycles. The van der Waals surface area contributed by atoms with E-state index in [0.29, 0.717) is 0 Å². The van der Waals surface area contributed by atoms with Gasteiger partial charge in [-0.15, -0.1) is 0 Å². The highest BCUT2D eigenvalue weighted by atomic mass is 16.5. The lowest BCUT2D eigenvalue weighted by molar-refractivity contribution is -0.129. The maximum Gasteiger partial charge on any atom is 0.249 e. The predicted molar refractivity (Wildman–Crippen MR) is 53.0 cm³/mol. The number of nitrogens with one attached hydrogen (secondary N) is 2. The van der Waals surface area contributed by atoms with Gasteiger partial charge in [0.2, 0.25) is 5.91 Å². The Bertz CT molecular complexity index is 198. The molecular weight excluding hydrogens is 180 g/mol. The van der Waals surface area contributed by atoms with Crippen LogP contribution in [0.15, 0.2) is 0 Å². The molecule has 1 atom stereocenters. The molecule has 2 aliphatic rings. The molecule has 0 aromatic rings. The van der Waals surface area contributed by atoms with Crippen molar-refractivity contribution in [2.24, 2.45) is 0 Å². The topological polar surface area (TPSA) is 50.4 Å². The van der Waals surface area contributed by atoms with Crippen molar-refractivity contribution in [3.8, 4) is 0 Å². The Balaban J connectivity index is 1.52. The zero-order chi connectivity index (χ0) is 9.80. The first-order chi connectivity index (χ1) is 6.86. The third kappa shape index (κ3) is 2.96. The molecule has 1 saturated heterocycles. The molecular formula is C10H18N2O2. The third-order valence-corrected chi connectivity index (χ3v) is 2.66. The summed E-state index contributed by atoms with van der Waals surface area (Å²) in [5.74, 6) is 0.0556. The van der Waals surface area contributed by atoms with E-state index in [9.17, 15) is 4.79 Å². The summed E-state index contributed by atoms with van der Waals surface area (Å²) in [5, 5.41) is 6.23. The molecule has 4 heteroatoms. The highest BCUT2D eigenvalue weighted by molar-refractivity contribution is 5.80. The van der Waals surface area contributed by atoms with Gasteiger partial charge in [-0.25, -0.2) is 0 Å². The molecule has 0 radical (unpaired) electrons. The summed E-state index contributed by atoms with van der Waals surface area (Å²) in [6.45, 7) is 2.33. The highest BCUT2D eigenvalue weighted by Gasteiger charge is 2.23. The summed E-state index contributed by atoms with van der Waals surface area (Å²) >= 11 is 0. The number of rotatable bonds is 5. The second-order valence-electron chi connectivity index (χ2n) is 4.02. The van der Waals surface area contributed by atoms with Gasteiger partial charge in [-0.05, 0) is 25.7 Å². The second kappa shape index (κ2) is 4.75. The number of ether oxygens (including phenoxy) is 1. The highest BCUT2D eigenvalue weighted by Crippen LogP contribution is 2.17. The molecule has 0 aromatic heterocycles. The largest absolute Gasteiger partial charge is 0.368 e. The van der Waals surface area contributed by atoms with Crippen molar-refractivity contribution >= 4 is 5.91 Å². The molecule has 1 unspecified atom stereocenters. The first kappa shape index (κ1) is 9.93. The van der Waals surface area contributed by atoms with E-state index in [1.807, 2.05) is 0 Å². The molecule has 1 amide bonds. The molecule has 4 nitrogen and oxygen atoms in total. The van der Waals surface area contributed by atoms with Gasteiger partial charge < -0.3 is 15.4 Å². The van der Waals surface area contributed by atoms with E-state index in [4.69, 9.17) is 4.74 Å². The van der Waals surface area contributed by atoms with Crippen LogP contribution in [-0.4, -0.2) is 37.7 Å². The number of hydrogen-bond acceptors (Lipinski definition) is 3. The van der Waals surface area contributed by atoms with Gasteiger partial charge in [0.05, 0.1) is 0 Å². The van der Waals surface area contributed by atoms with Crippen molar-refractivity contribution in [2.45, 2.75) is 37.8 Å². The molecule has 0 spiro atoms. The van der Waals surface area contributed by atoms with E-state index in [-0.39, 0.29) is 12.0 Å². The smallest absolute Gasteiger partial charge is 0.249 e. The lowest BCUT2D eigenvalue weighted by Gasteiger charge is -2.10. The Hall–Kier alpha value is -0.610. The van der Waals surface area contributed by atoms with Crippen LogP contribution in [0.2, 0.25) is 0 Å². The monoisotopic (exact) mass is 198 g/mol. The van der Waals surface area contributed by atoms with Crippen molar-refractivity contribution in [3.63, 3.8) is 0 Å². The van der Waals surface area contributed by atoms with Gasteiger partial charge in [-0.2, -0.15) is 0 Å². The van der Waals surface area contributed by atoms with Crippen LogP contribution < -0.4 is 10.6 Å². The van der Waals surface area contributed by atoms with E-state index >= 15 is 0 Å². The average molecular weight is 198 g/mol. The molecule has 14 heavy (non-hydrogen) atoms. The number of hydrogen-bond donors (Lipinski definition) is 2. The molecule has 80 valence electrons. The molecule has 1 aliphatic carbocycles. The van der Waals surface area contributed by atoms with Gasteiger partial charge in [0.15, 0.2) is 0 Å². The maximum atomic E-state index is 11.4. The van der Waals surface area contributed by atoms with E-state index in [0.717, 1.165) is 38.6 Å². The zero-order valence-corrected chi connectivity index (χ0v) is 8.42. The van der Waals surface area contributed by atoms with Crippen LogP contribution in [0.25, 0.3) is 0 Å². The molecule has 1 aliphatic heterocycles. The molecule has 0 aromatic carbocycles. The molecule has 2 N–H and O–H groups in total. The van der Waals surface area contributed by atoms with Gasteiger partial charge in [-0.1, -0.05) is 0 Å².